The van der Waals surface area contributed by atoms with Crippen molar-refractivity contribution in [3.63, 3.8) is 0 Å². The second-order valence-corrected chi connectivity index (χ2v) is 8.33. The summed E-state index contributed by atoms with van der Waals surface area (Å²) in [6.07, 6.45) is -4.28. The number of carboxylic acids is 2. The molecule has 1 heterocycles. The highest BCUT2D eigenvalue weighted by Gasteiger charge is 2.30. The van der Waals surface area contributed by atoms with Gasteiger partial charge >= 0.3 is 18.1 Å². The first kappa shape index (κ1) is 27.0. The highest BCUT2D eigenvalue weighted by molar-refractivity contribution is 6.27. The lowest BCUT2D eigenvalue weighted by Gasteiger charge is -2.35. The first-order chi connectivity index (χ1) is 17.1. The lowest BCUT2D eigenvalue weighted by molar-refractivity contribution is -0.159. The van der Waals surface area contributed by atoms with E-state index in [4.69, 9.17) is 24.5 Å². The zero-order chi connectivity index (χ0) is 26.3. The molecule has 0 amide bonds. The van der Waals surface area contributed by atoms with Gasteiger partial charge in [0.2, 0.25) is 0 Å². The number of aliphatic carboxylic acids is 2. The van der Waals surface area contributed by atoms with E-state index in [1.54, 1.807) is 19.2 Å². The lowest BCUT2D eigenvalue weighted by atomic mass is 10.0. The quantitative estimate of drug-likeness (QED) is 0.500. The van der Waals surface area contributed by atoms with Crippen LogP contribution < -0.4 is 4.74 Å². The predicted octanol–water partition coefficient (Wildman–Crippen LogP) is 4.34. The van der Waals surface area contributed by atoms with Crippen LogP contribution in [0.2, 0.25) is 0 Å². The van der Waals surface area contributed by atoms with Gasteiger partial charge in [0.1, 0.15) is 5.75 Å². The third-order valence-electron chi connectivity index (χ3n) is 5.92. The van der Waals surface area contributed by atoms with Gasteiger partial charge in [0, 0.05) is 44.7 Å². The molecule has 36 heavy (non-hydrogen) atoms. The van der Waals surface area contributed by atoms with Crippen molar-refractivity contribution in [2.45, 2.75) is 19.3 Å². The Morgan fingerprint density at radius 2 is 1.33 bits per heavy atom. The fourth-order valence-corrected chi connectivity index (χ4v) is 4.05. The van der Waals surface area contributed by atoms with Crippen LogP contribution in [-0.4, -0.2) is 65.2 Å². The summed E-state index contributed by atoms with van der Waals surface area (Å²) in [5.41, 5.74) is 1.60. The minimum absolute atomic E-state index is 0.595. The van der Waals surface area contributed by atoms with Gasteiger partial charge in [-0.05, 0) is 34.7 Å². The molecule has 0 aromatic heterocycles. The summed E-state index contributed by atoms with van der Waals surface area (Å²) in [7, 11) is 1.69. The Morgan fingerprint density at radius 3 is 1.83 bits per heavy atom. The van der Waals surface area contributed by atoms with Crippen LogP contribution >= 0.6 is 0 Å². The van der Waals surface area contributed by atoms with Crippen LogP contribution in [0.1, 0.15) is 16.7 Å². The van der Waals surface area contributed by atoms with E-state index in [1.807, 2.05) is 18.2 Å². The summed E-state index contributed by atoms with van der Waals surface area (Å²) in [6, 6.07) is 17.9. The molecular weight excluding hydrogens is 477 g/mol. The van der Waals surface area contributed by atoms with Crippen molar-refractivity contribution in [2.75, 3.05) is 33.3 Å². The number of methoxy groups -OCH3 is 1. The number of benzene rings is 3. The normalized spacial score (nSPS) is 14.7. The summed E-state index contributed by atoms with van der Waals surface area (Å²) in [6.45, 7) is 5.21. The molecule has 192 valence electrons. The largest absolute Gasteiger partial charge is 0.496 e. The third kappa shape index (κ3) is 7.19. The Kier molecular flexibility index (Phi) is 8.89. The molecule has 0 saturated carbocycles. The minimum Gasteiger partial charge on any atom is -0.496 e. The highest BCUT2D eigenvalue weighted by Crippen LogP contribution is 2.30. The van der Waals surface area contributed by atoms with Crippen LogP contribution in [0.5, 0.6) is 5.75 Å². The van der Waals surface area contributed by atoms with Crippen LogP contribution in [-0.2, 0) is 28.9 Å². The van der Waals surface area contributed by atoms with Crippen molar-refractivity contribution in [3.8, 4) is 5.75 Å². The molecule has 0 atom stereocenters. The van der Waals surface area contributed by atoms with E-state index in [9.17, 15) is 13.2 Å². The van der Waals surface area contributed by atoms with Gasteiger partial charge in [0.25, 0.3) is 0 Å². The standard InChI is InChI=1S/C24H25F3N2O.C2H2O4/c1-30-23-11-8-19(21-4-2-3-5-22(21)23)17-29-14-12-28(13-15-29)16-18-6-9-20(10-7-18)24(25,26)27;3-1(4)2(5)6/h2-11H,12-17H2,1H3;(H,3,4)(H,5,6). The Hall–Kier alpha value is -3.63. The molecule has 0 radical (unpaired) electrons. The predicted molar refractivity (Wildman–Crippen MR) is 128 cm³/mol. The molecule has 1 aliphatic heterocycles. The average molecular weight is 505 g/mol. The first-order valence-electron chi connectivity index (χ1n) is 11.2. The molecule has 0 unspecified atom stereocenters. The molecule has 0 spiro atoms. The summed E-state index contributed by atoms with van der Waals surface area (Å²) in [5.74, 6) is -2.76. The maximum atomic E-state index is 12.7. The molecule has 3 aromatic rings. The lowest BCUT2D eigenvalue weighted by Crippen LogP contribution is -2.45. The zero-order valence-corrected chi connectivity index (χ0v) is 19.7. The fraction of sp³-hybridized carbons (Fsp3) is 0.308. The fourth-order valence-electron chi connectivity index (χ4n) is 4.05. The van der Waals surface area contributed by atoms with E-state index >= 15 is 0 Å². The van der Waals surface area contributed by atoms with E-state index in [0.717, 1.165) is 49.4 Å². The molecule has 0 aliphatic carbocycles. The number of ether oxygens (including phenoxy) is 1. The molecule has 0 bridgehead atoms. The maximum absolute atomic E-state index is 12.7. The van der Waals surface area contributed by atoms with E-state index in [1.165, 1.54) is 23.1 Å². The number of nitrogens with zero attached hydrogens (tertiary/aromatic N) is 2. The first-order valence-corrected chi connectivity index (χ1v) is 11.2. The molecular formula is C26H27F3N2O5. The number of carbonyl (C=O) groups is 2. The molecule has 2 N–H and O–H groups in total. The third-order valence-corrected chi connectivity index (χ3v) is 5.92. The van der Waals surface area contributed by atoms with Crippen LogP contribution in [0.25, 0.3) is 10.8 Å². The summed E-state index contributed by atoms with van der Waals surface area (Å²) in [4.78, 5) is 22.9. The van der Waals surface area contributed by atoms with Gasteiger partial charge < -0.3 is 14.9 Å². The number of carboxylic acid groups (broad SMARTS) is 2. The SMILES string of the molecule is COc1ccc(CN2CCN(Cc3ccc(C(F)(F)F)cc3)CC2)c2ccccc12.O=C(O)C(=O)O. The van der Waals surface area contributed by atoms with Gasteiger partial charge in [0.05, 0.1) is 12.7 Å². The molecule has 10 heteroatoms. The molecule has 1 aliphatic rings. The summed E-state index contributed by atoms with van der Waals surface area (Å²) in [5, 5.41) is 17.1. The molecule has 1 saturated heterocycles. The van der Waals surface area contributed by atoms with Crippen LogP contribution in [0.4, 0.5) is 13.2 Å². The van der Waals surface area contributed by atoms with E-state index in [0.29, 0.717) is 6.54 Å². The van der Waals surface area contributed by atoms with Gasteiger partial charge in [0.15, 0.2) is 0 Å². The highest BCUT2D eigenvalue weighted by atomic mass is 19.4. The second-order valence-electron chi connectivity index (χ2n) is 8.33. The Morgan fingerprint density at radius 1 is 0.806 bits per heavy atom. The number of piperazine rings is 1. The Balaban J connectivity index is 0.000000538. The van der Waals surface area contributed by atoms with Gasteiger partial charge in [-0.15, -0.1) is 0 Å². The number of hydrogen-bond donors (Lipinski definition) is 2. The number of rotatable bonds is 5. The van der Waals surface area contributed by atoms with Crippen LogP contribution in [0.3, 0.4) is 0 Å². The maximum Gasteiger partial charge on any atom is 0.416 e. The number of alkyl halides is 3. The van der Waals surface area contributed by atoms with Crippen molar-refractivity contribution in [2.24, 2.45) is 0 Å². The number of fused-ring (bicyclic) bond motifs is 1. The molecule has 1 fully saturated rings. The van der Waals surface area contributed by atoms with Crippen molar-refractivity contribution < 1.29 is 37.7 Å². The van der Waals surface area contributed by atoms with Crippen molar-refractivity contribution in [1.82, 2.24) is 9.80 Å². The van der Waals surface area contributed by atoms with Crippen molar-refractivity contribution in [1.29, 1.82) is 0 Å². The number of hydrogen-bond acceptors (Lipinski definition) is 5. The summed E-state index contributed by atoms with van der Waals surface area (Å²) < 4.78 is 43.6. The second kappa shape index (κ2) is 11.9. The van der Waals surface area contributed by atoms with E-state index < -0.39 is 23.7 Å². The Bertz CT molecular complexity index is 1180. The molecule has 4 rings (SSSR count). The average Bonchev–Trinajstić information content (AvgIpc) is 2.85. The van der Waals surface area contributed by atoms with Gasteiger partial charge in [-0.3, -0.25) is 9.80 Å². The van der Waals surface area contributed by atoms with Gasteiger partial charge in [-0.1, -0.05) is 42.5 Å². The monoisotopic (exact) mass is 504 g/mol. The smallest absolute Gasteiger partial charge is 0.416 e. The van der Waals surface area contributed by atoms with Crippen LogP contribution in [0.15, 0.2) is 60.7 Å². The number of halogens is 3. The zero-order valence-electron chi connectivity index (χ0n) is 19.7. The Labute approximate surface area is 206 Å². The summed E-state index contributed by atoms with van der Waals surface area (Å²) >= 11 is 0. The van der Waals surface area contributed by atoms with Crippen molar-refractivity contribution >= 4 is 22.7 Å². The molecule has 7 nitrogen and oxygen atoms in total. The molecule has 3 aromatic carbocycles. The van der Waals surface area contributed by atoms with E-state index in [2.05, 4.69) is 28.0 Å². The minimum atomic E-state index is -4.28. The topological polar surface area (TPSA) is 90.3 Å². The van der Waals surface area contributed by atoms with Crippen molar-refractivity contribution in [3.05, 3.63) is 77.4 Å². The van der Waals surface area contributed by atoms with E-state index in [-0.39, 0.29) is 0 Å². The van der Waals surface area contributed by atoms with Gasteiger partial charge in [-0.2, -0.15) is 13.2 Å². The van der Waals surface area contributed by atoms with Gasteiger partial charge in [-0.25, -0.2) is 9.59 Å². The van der Waals surface area contributed by atoms with Crippen LogP contribution in [0, 0.1) is 0 Å².